The molecule has 1 aliphatic heterocycles. The number of thiazole rings is 1. The molecule has 0 aliphatic carbocycles. The van der Waals surface area contributed by atoms with E-state index >= 15 is 0 Å². The average molecular weight is 267 g/mol. The molecular formula is C14H25N3S. The third-order valence-corrected chi connectivity index (χ3v) is 4.64. The Morgan fingerprint density at radius 3 is 3.00 bits per heavy atom. The molecule has 0 radical (unpaired) electrons. The van der Waals surface area contributed by atoms with Gasteiger partial charge in [0.05, 0.1) is 5.69 Å². The van der Waals surface area contributed by atoms with E-state index in [1.54, 1.807) is 11.3 Å². The van der Waals surface area contributed by atoms with Gasteiger partial charge < -0.3 is 5.32 Å². The van der Waals surface area contributed by atoms with E-state index in [0.717, 1.165) is 13.1 Å². The van der Waals surface area contributed by atoms with E-state index in [0.29, 0.717) is 5.41 Å². The summed E-state index contributed by atoms with van der Waals surface area (Å²) in [5.41, 5.74) is 1.76. The Bertz CT molecular complexity index is 373. The predicted octanol–water partition coefficient (Wildman–Crippen LogP) is 2.87. The molecule has 0 saturated carbocycles. The highest BCUT2D eigenvalue weighted by atomic mass is 32.1. The van der Waals surface area contributed by atoms with Gasteiger partial charge in [0.25, 0.3) is 0 Å². The molecule has 3 nitrogen and oxygen atoms in total. The summed E-state index contributed by atoms with van der Waals surface area (Å²) in [6.45, 7) is 9.14. The summed E-state index contributed by atoms with van der Waals surface area (Å²) in [5, 5.41) is 6.56. The van der Waals surface area contributed by atoms with Crippen LogP contribution in [0.4, 0.5) is 0 Å². The highest BCUT2D eigenvalue weighted by molar-refractivity contribution is 7.09. The molecule has 0 unspecified atom stereocenters. The number of nitrogens with one attached hydrogen (secondary N) is 1. The van der Waals surface area contributed by atoms with Gasteiger partial charge in [0.1, 0.15) is 5.01 Å². The van der Waals surface area contributed by atoms with Crippen LogP contribution in [0.15, 0.2) is 5.38 Å². The molecular weight excluding hydrogens is 242 g/mol. The molecule has 1 saturated heterocycles. The van der Waals surface area contributed by atoms with Crippen molar-refractivity contribution in [2.75, 3.05) is 20.1 Å². The first kappa shape index (κ1) is 14.0. The topological polar surface area (TPSA) is 28.2 Å². The van der Waals surface area contributed by atoms with Crippen molar-refractivity contribution in [1.29, 1.82) is 0 Å². The summed E-state index contributed by atoms with van der Waals surface area (Å²) in [4.78, 5) is 7.24. The van der Waals surface area contributed by atoms with Gasteiger partial charge in [0, 0.05) is 18.5 Å². The van der Waals surface area contributed by atoms with Crippen molar-refractivity contribution in [3.05, 3.63) is 16.1 Å². The third-order valence-electron chi connectivity index (χ3n) is 3.75. The monoisotopic (exact) mass is 267 g/mol. The molecule has 1 aromatic heterocycles. The third kappa shape index (κ3) is 4.04. The first-order valence-electron chi connectivity index (χ1n) is 6.89. The van der Waals surface area contributed by atoms with E-state index in [4.69, 9.17) is 0 Å². The first-order valence-corrected chi connectivity index (χ1v) is 7.77. The van der Waals surface area contributed by atoms with Gasteiger partial charge in [0.2, 0.25) is 0 Å². The van der Waals surface area contributed by atoms with Gasteiger partial charge in [0.15, 0.2) is 0 Å². The second kappa shape index (κ2) is 6.13. The van der Waals surface area contributed by atoms with Gasteiger partial charge in [-0.3, -0.25) is 4.90 Å². The van der Waals surface area contributed by atoms with Crippen molar-refractivity contribution in [2.45, 2.75) is 46.2 Å². The lowest BCUT2D eigenvalue weighted by atomic mass is 9.85. The molecule has 4 heteroatoms. The van der Waals surface area contributed by atoms with Crippen LogP contribution in [0.3, 0.4) is 0 Å². The maximum atomic E-state index is 4.68. The number of nitrogens with zero attached hydrogens (tertiary/aromatic N) is 2. The minimum absolute atomic E-state index is 0.522. The summed E-state index contributed by atoms with van der Waals surface area (Å²) in [5.74, 6) is 0. The van der Waals surface area contributed by atoms with Crippen LogP contribution in [-0.2, 0) is 13.1 Å². The zero-order valence-corrected chi connectivity index (χ0v) is 12.6. The largest absolute Gasteiger partial charge is 0.314 e. The van der Waals surface area contributed by atoms with Crippen LogP contribution >= 0.6 is 11.3 Å². The van der Waals surface area contributed by atoms with Crippen molar-refractivity contribution in [2.24, 2.45) is 5.41 Å². The fourth-order valence-electron chi connectivity index (χ4n) is 2.52. The summed E-state index contributed by atoms with van der Waals surface area (Å²) >= 11 is 1.77. The lowest BCUT2D eigenvalue weighted by molar-refractivity contribution is 0.254. The van der Waals surface area contributed by atoms with Crippen LogP contribution in [0, 0.1) is 5.41 Å². The van der Waals surface area contributed by atoms with E-state index in [1.807, 2.05) is 7.05 Å². The lowest BCUT2D eigenvalue weighted by Crippen LogP contribution is -2.25. The van der Waals surface area contributed by atoms with Crippen molar-refractivity contribution in [3.63, 3.8) is 0 Å². The van der Waals surface area contributed by atoms with Crippen molar-refractivity contribution >= 4 is 11.3 Å². The number of rotatable bonds is 4. The van der Waals surface area contributed by atoms with Crippen molar-refractivity contribution in [1.82, 2.24) is 15.2 Å². The van der Waals surface area contributed by atoms with E-state index in [9.17, 15) is 0 Å². The molecule has 1 aromatic rings. The number of hydrogen-bond donors (Lipinski definition) is 1. The van der Waals surface area contributed by atoms with Crippen LogP contribution in [0.5, 0.6) is 0 Å². The maximum absolute atomic E-state index is 4.68. The van der Waals surface area contributed by atoms with E-state index < -0.39 is 0 Å². The van der Waals surface area contributed by atoms with Gasteiger partial charge in [-0.25, -0.2) is 4.98 Å². The molecule has 2 rings (SSSR count). The van der Waals surface area contributed by atoms with Gasteiger partial charge >= 0.3 is 0 Å². The second-order valence-corrected chi connectivity index (χ2v) is 7.00. The van der Waals surface area contributed by atoms with Crippen molar-refractivity contribution in [3.8, 4) is 0 Å². The Labute approximate surface area is 115 Å². The fourth-order valence-corrected chi connectivity index (χ4v) is 3.32. The SMILES string of the molecule is CNCc1nc(CN2CCCC(C)(C)CC2)cs1. The Morgan fingerprint density at radius 1 is 1.39 bits per heavy atom. The summed E-state index contributed by atoms with van der Waals surface area (Å²) in [7, 11) is 1.97. The summed E-state index contributed by atoms with van der Waals surface area (Å²) < 4.78 is 0. The number of aromatic nitrogens is 1. The minimum atomic E-state index is 0.522. The van der Waals surface area contributed by atoms with E-state index in [1.165, 1.54) is 43.1 Å². The van der Waals surface area contributed by atoms with Gasteiger partial charge in [-0.1, -0.05) is 13.8 Å². The number of hydrogen-bond acceptors (Lipinski definition) is 4. The van der Waals surface area contributed by atoms with E-state index in [2.05, 4.69) is 34.4 Å². The molecule has 18 heavy (non-hydrogen) atoms. The Hall–Kier alpha value is -0.450. The van der Waals surface area contributed by atoms with Gasteiger partial charge in [-0.15, -0.1) is 11.3 Å². The smallest absolute Gasteiger partial charge is 0.107 e. The van der Waals surface area contributed by atoms with E-state index in [-0.39, 0.29) is 0 Å². The van der Waals surface area contributed by atoms with Crippen LogP contribution < -0.4 is 5.32 Å². The molecule has 2 heterocycles. The van der Waals surface area contributed by atoms with Crippen LogP contribution in [0.2, 0.25) is 0 Å². The zero-order valence-electron chi connectivity index (χ0n) is 11.8. The maximum Gasteiger partial charge on any atom is 0.107 e. The first-order chi connectivity index (χ1) is 8.59. The molecule has 1 aliphatic rings. The molecule has 0 bridgehead atoms. The predicted molar refractivity (Wildman–Crippen MR) is 77.8 cm³/mol. The highest BCUT2D eigenvalue weighted by Gasteiger charge is 2.23. The van der Waals surface area contributed by atoms with Crippen molar-refractivity contribution < 1.29 is 0 Å². The van der Waals surface area contributed by atoms with Gasteiger partial charge in [-0.2, -0.15) is 0 Å². The van der Waals surface area contributed by atoms with Crippen LogP contribution in [0.25, 0.3) is 0 Å². The quantitative estimate of drug-likeness (QED) is 0.909. The molecule has 1 N–H and O–H groups in total. The van der Waals surface area contributed by atoms with Crippen LogP contribution in [-0.4, -0.2) is 30.0 Å². The molecule has 1 fully saturated rings. The Kier molecular flexibility index (Phi) is 4.76. The molecule has 102 valence electrons. The van der Waals surface area contributed by atoms with Crippen LogP contribution in [0.1, 0.15) is 43.8 Å². The normalized spacial score (nSPS) is 20.8. The second-order valence-electron chi connectivity index (χ2n) is 6.06. The highest BCUT2D eigenvalue weighted by Crippen LogP contribution is 2.30. The lowest BCUT2D eigenvalue weighted by Gasteiger charge is -2.22. The Balaban J connectivity index is 1.88. The molecule has 0 amide bonds. The standard InChI is InChI=1S/C14H25N3S/c1-14(2)5-4-7-17(8-6-14)10-12-11-18-13(16-12)9-15-3/h11,15H,4-10H2,1-3H3. The zero-order chi connectivity index (χ0) is 13.0. The molecule has 0 atom stereocenters. The van der Waals surface area contributed by atoms with Gasteiger partial charge in [-0.05, 0) is 44.8 Å². The summed E-state index contributed by atoms with van der Waals surface area (Å²) in [6.07, 6.45) is 3.98. The average Bonchev–Trinajstić information content (AvgIpc) is 2.66. The Morgan fingerprint density at radius 2 is 2.22 bits per heavy atom. The minimum Gasteiger partial charge on any atom is -0.314 e. The molecule has 0 spiro atoms. The molecule has 0 aromatic carbocycles. The summed E-state index contributed by atoms with van der Waals surface area (Å²) in [6, 6.07) is 0. The number of likely N-dealkylation sites (tertiary alicyclic amines) is 1. The fraction of sp³-hybridized carbons (Fsp3) is 0.786.